The fraction of sp³-hybridized carbons (Fsp3) is 0.263. The number of thiocarbonyl (C=S) groups is 1. The first-order valence-corrected chi connectivity index (χ1v) is 9.69. The lowest BCUT2D eigenvalue weighted by Crippen LogP contribution is -2.56. The van der Waals surface area contributed by atoms with E-state index in [9.17, 15) is 4.79 Å². The topological polar surface area (TPSA) is 53.2 Å². The van der Waals surface area contributed by atoms with Crippen molar-refractivity contribution in [3.8, 4) is 0 Å². The Balaban J connectivity index is 2.11. The molecule has 27 heavy (non-hydrogen) atoms. The Kier molecular flexibility index (Phi) is 7.34. The zero-order valence-electron chi connectivity index (χ0n) is 15.1. The molecule has 2 rings (SSSR count). The van der Waals surface area contributed by atoms with Crippen LogP contribution in [-0.2, 0) is 0 Å². The van der Waals surface area contributed by atoms with Crippen LogP contribution in [0.1, 0.15) is 27.0 Å². The summed E-state index contributed by atoms with van der Waals surface area (Å²) in [4.78, 5) is 12.5. The molecule has 0 bridgehead atoms. The number of hydrogen-bond donors (Lipinski definition) is 3. The average molecular weight is 445 g/mol. The van der Waals surface area contributed by atoms with Crippen molar-refractivity contribution in [2.75, 3.05) is 5.32 Å². The van der Waals surface area contributed by atoms with Crippen molar-refractivity contribution in [2.24, 2.45) is 0 Å². The quantitative estimate of drug-likeness (QED) is 0.352. The molecule has 0 saturated carbocycles. The molecular weight excluding hydrogens is 425 g/mol. The predicted octanol–water partition coefficient (Wildman–Crippen LogP) is 5.02. The molecule has 0 radical (unpaired) electrons. The van der Waals surface area contributed by atoms with E-state index in [-0.39, 0.29) is 11.0 Å². The van der Waals surface area contributed by atoms with Gasteiger partial charge >= 0.3 is 0 Å². The van der Waals surface area contributed by atoms with Gasteiger partial charge in [0.05, 0.1) is 0 Å². The molecule has 8 heteroatoms. The lowest BCUT2D eigenvalue weighted by molar-refractivity contribution is 0.0934. The zero-order valence-corrected chi connectivity index (χ0v) is 18.2. The Morgan fingerprint density at radius 3 is 2.30 bits per heavy atom. The maximum Gasteiger partial charge on any atom is 0.252 e. The highest BCUT2D eigenvalue weighted by atomic mass is 35.6. The Morgan fingerprint density at radius 1 is 1.00 bits per heavy atom. The van der Waals surface area contributed by atoms with Crippen molar-refractivity contribution < 1.29 is 4.79 Å². The van der Waals surface area contributed by atoms with E-state index in [1.807, 2.05) is 45.0 Å². The number of anilines is 1. The highest BCUT2D eigenvalue weighted by Gasteiger charge is 2.35. The first kappa shape index (κ1) is 21.8. The average Bonchev–Trinajstić information content (AvgIpc) is 2.56. The number of carbonyl (C=O) groups is 1. The second-order valence-electron chi connectivity index (χ2n) is 6.23. The Morgan fingerprint density at radius 2 is 1.67 bits per heavy atom. The van der Waals surface area contributed by atoms with Crippen LogP contribution in [0.2, 0.25) is 0 Å². The van der Waals surface area contributed by atoms with Gasteiger partial charge in [0.15, 0.2) is 5.11 Å². The summed E-state index contributed by atoms with van der Waals surface area (Å²) in [7, 11) is 0. The molecule has 0 aliphatic heterocycles. The van der Waals surface area contributed by atoms with Crippen molar-refractivity contribution in [3.05, 3.63) is 64.7 Å². The van der Waals surface area contributed by atoms with Crippen LogP contribution in [0.3, 0.4) is 0 Å². The van der Waals surface area contributed by atoms with Crippen molar-refractivity contribution >= 4 is 63.7 Å². The molecule has 0 spiro atoms. The molecule has 2 aromatic rings. The van der Waals surface area contributed by atoms with Gasteiger partial charge in [-0.3, -0.25) is 4.79 Å². The van der Waals surface area contributed by atoms with Crippen LogP contribution in [0.25, 0.3) is 0 Å². The fourth-order valence-electron chi connectivity index (χ4n) is 2.36. The predicted molar refractivity (Wildman–Crippen MR) is 118 cm³/mol. The van der Waals surface area contributed by atoms with Crippen LogP contribution in [-0.4, -0.2) is 21.0 Å². The monoisotopic (exact) mass is 443 g/mol. The SMILES string of the molecule is Cc1cccc(C(=O)N[C@@H](NC(=S)Nc2cc(C)ccc2C)C(Cl)(Cl)Cl)c1. The summed E-state index contributed by atoms with van der Waals surface area (Å²) in [5.41, 5.74) is 4.34. The maximum atomic E-state index is 12.5. The van der Waals surface area contributed by atoms with Crippen LogP contribution >= 0.6 is 47.0 Å². The van der Waals surface area contributed by atoms with Gasteiger partial charge in [-0.25, -0.2) is 0 Å². The number of carbonyl (C=O) groups excluding carboxylic acids is 1. The smallest absolute Gasteiger partial charge is 0.252 e. The maximum absolute atomic E-state index is 12.5. The standard InChI is InChI=1S/C19H20Cl3N3OS/c1-11-5-4-6-14(9-11)16(26)24-17(19(20,21)22)25-18(27)23-15-10-12(2)7-8-13(15)3/h4-10,17H,1-3H3,(H,24,26)(H2,23,25,27)/t17-/m0/s1. The van der Waals surface area contributed by atoms with E-state index in [1.54, 1.807) is 18.2 Å². The van der Waals surface area contributed by atoms with Crippen LogP contribution < -0.4 is 16.0 Å². The van der Waals surface area contributed by atoms with Crippen molar-refractivity contribution in [1.29, 1.82) is 0 Å². The Bertz CT molecular complexity index is 852. The molecule has 0 unspecified atom stereocenters. The molecule has 0 aromatic heterocycles. The third-order valence-electron chi connectivity index (χ3n) is 3.80. The highest BCUT2D eigenvalue weighted by Crippen LogP contribution is 2.29. The summed E-state index contributed by atoms with van der Waals surface area (Å²) in [6, 6.07) is 13.1. The van der Waals surface area contributed by atoms with Crippen LogP contribution in [0, 0.1) is 20.8 Å². The van der Waals surface area contributed by atoms with Gasteiger partial charge in [-0.15, -0.1) is 0 Å². The number of rotatable bonds is 4. The van der Waals surface area contributed by atoms with E-state index in [0.29, 0.717) is 5.56 Å². The van der Waals surface area contributed by atoms with Crippen molar-refractivity contribution in [1.82, 2.24) is 10.6 Å². The minimum atomic E-state index is -1.81. The van der Waals surface area contributed by atoms with Crippen LogP contribution in [0.5, 0.6) is 0 Å². The van der Waals surface area contributed by atoms with E-state index in [2.05, 4.69) is 16.0 Å². The lowest BCUT2D eigenvalue weighted by atomic mass is 10.1. The van der Waals surface area contributed by atoms with Gasteiger partial charge in [-0.1, -0.05) is 64.6 Å². The van der Waals surface area contributed by atoms with E-state index < -0.39 is 9.96 Å². The van der Waals surface area contributed by atoms with Crippen molar-refractivity contribution in [2.45, 2.75) is 30.7 Å². The minimum Gasteiger partial charge on any atom is -0.339 e. The number of benzene rings is 2. The Hall–Kier alpha value is -1.53. The number of halogens is 3. The van der Waals surface area contributed by atoms with Crippen LogP contribution in [0.4, 0.5) is 5.69 Å². The molecule has 0 heterocycles. The van der Waals surface area contributed by atoms with Gasteiger partial charge in [0.25, 0.3) is 5.91 Å². The van der Waals surface area contributed by atoms with E-state index in [4.69, 9.17) is 47.0 Å². The zero-order chi connectivity index (χ0) is 20.2. The van der Waals surface area contributed by atoms with Gasteiger partial charge in [-0.2, -0.15) is 0 Å². The lowest BCUT2D eigenvalue weighted by Gasteiger charge is -2.28. The molecule has 144 valence electrons. The molecule has 0 fully saturated rings. The molecule has 2 aromatic carbocycles. The third-order valence-corrected chi connectivity index (χ3v) is 4.67. The minimum absolute atomic E-state index is 0.226. The van der Waals surface area contributed by atoms with Crippen molar-refractivity contribution in [3.63, 3.8) is 0 Å². The van der Waals surface area contributed by atoms with Gasteiger partial charge in [0.2, 0.25) is 3.79 Å². The largest absolute Gasteiger partial charge is 0.339 e. The summed E-state index contributed by atoms with van der Waals surface area (Å²) >= 11 is 23.4. The normalized spacial score (nSPS) is 12.2. The number of hydrogen-bond acceptors (Lipinski definition) is 2. The Labute approximate surface area is 179 Å². The second-order valence-corrected chi connectivity index (χ2v) is 9.01. The van der Waals surface area contributed by atoms with Gasteiger partial charge in [-0.05, 0) is 62.3 Å². The molecule has 0 aliphatic rings. The van der Waals surface area contributed by atoms with E-state index in [0.717, 1.165) is 22.4 Å². The summed E-state index contributed by atoms with van der Waals surface area (Å²) < 4.78 is -1.81. The van der Waals surface area contributed by atoms with Crippen LogP contribution in [0.15, 0.2) is 42.5 Å². The molecule has 1 amide bonds. The summed E-state index contributed by atoms with van der Waals surface area (Å²) in [5.74, 6) is -0.378. The third kappa shape index (κ3) is 6.54. The molecule has 0 aliphatic carbocycles. The highest BCUT2D eigenvalue weighted by molar-refractivity contribution is 7.80. The number of aryl methyl sites for hydroxylation is 3. The summed E-state index contributed by atoms with van der Waals surface area (Å²) in [5, 5.41) is 8.83. The number of nitrogens with one attached hydrogen (secondary N) is 3. The molecular formula is C19H20Cl3N3OS. The molecule has 4 nitrogen and oxygen atoms in total. The molecule has 1 atom stereocenters. The first-order valence-electron chi connectivity index (χ1n) is 8.15. The number of amides is 1. The molecule has 3 N–H and O–H groups in total. The summed E-state index contributed by atoms with van der Waals surface area (Å²) in [6.45, 7) is 5.83. The second kappa shape index (κ2) is 9.11. The van der Waals surface area contributed by atoms with Gasteiger partial charge < -0.3 is 16.0 Å². The van der Waals surface area contributed by atoms with E-state index >= 15 is 0 Å². The van der Waals surface area contributed by atoms with E-state index in [1.165, 1.54) is 0 Å². The number of alkyl halides is 3. The first-order chi connectivity index (χ1) is 12.6. The molecule has 0 saturated heterocycles. The fourth-order valence-corrected chi connectivity index (χ4v) is 2.92. The van der Waals surface area contributed by atoms with Gasteiger partial charge in [0, 0.05) is 11.3 Å². The summed E-state index contributed by atoms with van der Waals surface area (Å²) in [6.07, 6.45) is -1.03. The van der Waals surface area contributed by atoms with Gasteiger partial charge in [0.1, 0.15) is 6.17 Å².